The lowest BCUT2D eigenvalue weighted by molar-refractivity contribution is -0.137. The summed E-state index contributed by atoms with van der Waals surface area (Å²) in [7, 11) is 2.97. The van der Waals surface area contributed by atoms with Gasteiger partial charge in [-0.05, 0) is 13.1 Å². The zero-order chi connectivity index (χ0) is 21.0. The summed E-state index contributed by atoms with van der Waals surface area (Å²) >= 11 is 0. The minimum atomic E-state index is -4.63. The number of H-pyrrole nitrogens is 1. The lowest BCUT2D eigenvalue weighted by atomic mass is 10.1. The number of para-hydroxylation sites is 1. The van der Waals surface area contributed by atoms with Gasteiger partial charge in [-0.2, -0.15) is 13.2 Å². The molecule has 0 spiro atoms. The van der Waals surface area contributed by atoms with Crippen molar-refractivity contribution in [2.24, 2.45) is 0 Å². The summed E-state index contributed by atoms with van der Waals surface area (Å²) in [5.74, 6) is 0.0847. The summed E-state index contributed by atoms with van der Waals surface area (Å²) in [5.41, 5.74) is -0.162. The molecule has 0 atom stereocenters. The van der Waals surface area contributed by atoms with Crippen LogP contribution in [0.15, 0.2) is 30.6 Å². The highest BCUT2D eigenvalue weighted by molar-refractivity contribution is 6.04. The zero-order valence-electron chi connectivity index (χ0n) is 15.6. The van der Waals surface area contributed by atoms with Gasteiger partial charge in [0, 0.05) is 36.4 Å². The fourth-order valence-electron chi connectivity index (χ4n) is 2.79. The van der Waals surface area contributed by atoms with Crippen LogP contribution in [0.5, 0.6) is 0 Å². The molecule has 8 nitrogen and oxygen atoms in total. The Balaban J connectivity index is 2.11. The molecule has 11 heteroatoms. The van der Waals surface area contributed by atoms with Gasteiger partial charge in [-0.1, -0.05) is 12.1 Å². The number of rotatable bonds is 6. The van der Waals surface area contributed by atoms with E-state index in [1.54, 1.807) is 25.2 Å². The molecule has 2 heterocycles. The topological polar surface area (TPSA) is 104 Å². The van der Waals surface area contributed by atoms with Crippen LogP contribution in [0.4, 0.5) is 29.6 Å². The van der Waals surface area contributed by atoms with Crippen molar-refractivity contribution >= 4 is 28.6 Å². The first-order valence-corrected chi connectivity index (χ1v) is 8.63. The van der Waals surface area contributed by atoms with E-state index in [0.717, 1.165) is 6.20 Å². The number of amides is 1. The van der Waals surface area contributed by atoms with Crippen LogP contribution < -0.4 is 16.0 Å². The maximum atomic E-state index is 13.6. The minimum absolute atomic E-state index is 0.0847. The lowest BCUT2D eigenvalue weighted by Crippen LogP contribution is -2.19. The van der Waals surface area contributed by atoms with Crippen LogP contribution >= 0.6 is 0 Å². The third-order valence-electron chi connectivity index (χ3n) is 4.14. The summed E-state index contributed by atoms with van der Waals surface area (Å²) in [6.45, 7) is 1.04. The van der Waals surface area contributed by atoms with Gasteiger partial charge in [-0.15, -0.1) is 0 Å². The Morgan fingerprint density at radius 3 is 2.76 bits per heavy atom. The van der Waals surface area contributed by atoms with E-state index in [1.807, 2.05) is 0 Å². The Kier molecular flexibility index (Phi) is 5.87. The SMILES string of the molecule is CNCCNc1ncc(C(F)(F)F)c(-c2c[nH]c3c(NC(=O)OC)cccc23)n1. The number of nitrogens with one attached hydrogen (secondary N) is 4. The Morgan fingerprint density at radius 1 is 1.28 bits per heavy atom. The molecule has 2 aromatic heterocycles. The number of alkyl halides is 3. The smallest absolute Gasteiger partial charge is 0.419 e. The largest absolute Gasteiger partial charge is 0.453 e. The molecule has 1 aromatic carbocycles. The molecule has 0 saturated carbocycles. The molecule has 0 aliphatic rings. The number of methoxy groups -OCH3 is 1. The average molecular weight is 408 g/mol. The van der Waals surface area contributed by atoms with Crippen molar-refractivity contribution in [1.82, 2.24) is 20.3 Å². The van der Waals surface area contributed by atoms with Crippen molar-refractivity contribution in [2.45, 2.75) is 6.18 Å². The number of hydrogen-bond acceptors (Lipinski definition) is 6. The molecule has 0 radical (unpaired) electrons. The molecule has 29 heavy (non-hydrogen) atoms. The maximum absolute atomic E-state index is 13.6. The Labute approximate surface area is 163 Å². The van der Waals surface area contributed by atoms with E-state index >= 15 is 0 Å². The molecule has 0 unspecified atom stereocenters. The minimum Gasteiger partial charge on any atom is -0.453 e. The summed E-state index contributed by atoms with van der Waals surface area (Å²) in [6.07, 6.45) is -3.14. The fourth-order valence-corrected chi connectivity index (χ4v) is 2.79. The molecule has 154 valence electrons. The number of aromatic nitrogens is 3. The molecule has 1 amide bonds. The van der Waals surface area contributed by atoms with Gasteiger partial charge in [0.1, 0.15) is 5.56 Å². The van der Waals surface area contributed by atoms with Gasteiger partial charge < -0.3 is 20.4 Å². The number of likely N-dealkylation sites (N-methyl/N-ethyl adjacent to an activating group) is 1. The van der Waals surface area contributed by atoms with Gasteiger partial charge in [0.05, 0.1) is 24.0 Å². The Hall–Kier alpha value is -3.34. The molecule has 0 aliphatic carbocycles. The Morgan fingerprint density at radius 2 is 2.07 bits per heavy atom. The first-order chi connectivity index (χ1) is 13.8. The lowest BCUT2D eigenvalue weighted by Gasteiger charge is -2.13. The van der Waals surface area contributed by atoms with E-state index in [2.05, 4.69) is 35.6 Å². The van der Waals surface area contributed by atoms with Crippen molar-refractivity contribution in [3.63, 3.8) is 0 Å². The predicted molar refractivity (Wildman–Crippen MR) is 103 cm³/mol. The van der Waals surface area contributed by atoms with Gasteiger partial charge >= 0.3 is 12.3 Å². The van der Waals surface area contributed by atoms with Crippen molar-refractivity contribution < 1.29 is 22.7 Å². The van der Waals surface area contributed by atoms with Crippen LogP contribution in [0.25, 0.3) is 22.2 Å². The van der Waals surface area contributed by atoms with Crippen molar-refractivity contribution in [3.05, 3.63) is 36.2 Å². The second kappa shape index (κ2) is 8.35. The van der Waals surface area contributed by atoms with E-state index in [-0.39, 0.29) is 17.2 Å². The molecule has 0 bridgehead atoms. The standard InChI is InChI=1S/C18H19F3N6O2/c1-22-6-7-23-16-25-9-12(18(19,20)21)14(27-16)11-8-24-15-10(11)4-3-5-13(15)26-17(28)29-2/h3-5,8-9,22,24H,6-7H2,1-2H3,(H,26,28)(H,23,25,27). The van der Waals surface area contributed by atoms with E-state index in [4.69, 9.17) is 0 Å². The van der Waals surface area contributed by atoms with Crippen LogP contribution in [-0.4, -0.2) is 48.3 Å². The summed E-state index contributed by atoms with van der Waals surface area (Å²) < 4.78 is 45.3. The highest BCUT2D eigenvalue weighted by Gasteiger charge is 2.36. The number of anilines is 2. The van der Waals surface area contributed by atoms with E-state index in [1.165, 1.54) is 13.3 Å². The van der Waals surface area contributed by atoms with Gasteiger partial charge in [-0.25, -0.2) is 14.8 Å². The number of hydrogen-bond donors (Lipinski definition) is 4. The summed E-state index contributed by atoms with van der Waals surface area (Å²) in [5, 5.41) is 8.79. The molecule has 3 aromatic rings. The van der Waals surface area contributed by atoms with Gasteiger partial charge in [-0.3, -0.25) is 5.32 Å². The molecule has 0 aliphatic heterocycles. The second-order valence-corrected chi connectivity index (χ2v) is 6.03. The number of halogens is 3. The monoisotopic (exact) mass is 408 g/mol. The molecular weight excluding hydrogens is 389 g/mol. The number of benzene rings is 1. The number of carbonyl (C=O) groups excluding carboxylic acids is 1. The van der Waals surface area contributed by atoms with Gasteiger partial charge in [0.25, 0.3) is 0 Å². The maximum Gasteiger partial charge on any atom is 0.419 e. The normalized spacial score (nSPS) is 11.5. The van der Waals surface area contributed by atoms with Crippen molar-refractivity contribution in [1.29, 1.82) is 0 Å². The molecule has 3 rings (SSSR count). The van der Waals surface area contributed by atoms with Crippen LogP contribution in [-0.2, 0) is 10.9 Å². The summed E-state index contributed by atoms with van der Waals surface area (Å²) in [6, 6.07) is 4.86. The predicted octanol–water partition coefficient (Wildman–Crippen LogP) is 3.45. The number of aromatic amines is 1. The summed E-state index contributed by atoms with van der Waals surface area (Å²) in [4.78, 5) is 22.3. The van der Waals surface area contributed by atoms with E-state index in [0.29, 0.717) is 29.7 Å². The fraction of sp³-hybridized carbons (Fsp3) is 0.278. The Bertz CT molecular complexity index is 1020. The highest BCUT2D eigenvalue weighted by atomic mass is 19.4. The van der Waals surface area contributed by atoms with Gasteiger partial charge in [0.2, 0.25) is 5.95 Å². The van der Waals surface area contributed by atoms with Crippen molar-refractivity contribution in [3.8, 4) is 11.3 Å². The van der Waals surface area contributed by atoms with Crippen molar-refractivity contribution in [2.75, 3.05) is 37.9 Å². The zero-order valence-corrected chi connectivity index (χ0v) is 15.6. The van der Waals surface area contributed by atoms with Crippen LogP contribution in [0.1, 0.15) is 5.56 Å². The molecule has 4 N–H and O–H groups in total. The highest BCUT2D eigenvalue weighted by Crippen LogP contribution is 2.39. The number of carbonyl (C=O) groups is 1. The second-order valence-electron chi connectivity index (χ2n) is 6.03. The molecule has 0 saturated heterocycles. The van der Waals surface area contributed by atoms with Crippen LogP contribution in [0.2, 0.25) is 0 Å². The third-order valence-corrected chi connectivity index (χ3v) is 4.14. The van der Waals surface area contributed by atoms with Crippen LogP contribution in [0, 0.1) is 0 Å². The quantitative estimate of drug-likeness (QED) is 0.466. The average Bonchev–Trinajstić information content (AvgIpc) is 3.12. The van der Waals surface area contributed by atoms with E-state index < -0.39 is 17.8 Å². The number of nitrogens with zero attached hydrogens (tertiary/aromatic N) is 2. The molecule has 0 fully saturated rings. The number of ether oxygens (including phenoxy) is 1. The number of fused-ring (bicyclic) bond motifs is 1. The third kappa shape index (κ3) is 4.40. The van der Waals surface area contributed by atoms with Crippen LogP contribution in [0.3, 0.4) is 0 Å². The first-order valence-electron chi connectivity index (χ1n) is 8.63. The van der Waals surface area contributed by atoms with Gasteiger partial charge in [0.15, 0.2) is 0 Å². The molecular formula is C18H19F3N6O2. The van der Waals surface area contributed by atoms with E-state index in [9.17, 15) is 18.0 Å². The first kappa shape index (κ1) is 20.4.